The lowest BCUT2D eigenvalue weighted by Gasteiger charge is -2.31. The van der Waals surface area contributed by atoms with Crippen LogP contribution in [0.2, 0.25) is 0 Å². The number of carbonyl (C=O) groups excluding carboxylic acids is 2. The van der Waals surface area contributed by atoms with Gasteiger partial charge < -0.3 is 52.1 Å². The van der Waals surface area contributed by atoms with Crippen molar-refractivity contribution in [2.75, 3.05) is 12.3 Å². The normalized spacial score (nSPS) is 13.6. The van der Waals surface area contributed by atoms with Crippen LogP contribution in [0.15, 0.2) is 30.3 Å². The number of thioether (sulfide) groups is 1. The number of carbonyl (C=O) groups is 4. The van der Waals surface area contributed by atoms with Crippen molar-refractivity contribution in [1.82, 2.24) is 10.6 Å². The molecule has 0 aliphatic carbocycles. The van der Waals surface area contributed by atoms with E-state index in [0.717, 1.165) is 17.8 Å². The lowest BCUT2D eigenvalue weighted by Crippen LogP contribution is -2.50. The van der Waals surface area contributed by atoms with Gasteiger partial charge in [0, 0.05) is 34.6 Å². The summed E-state index contributed by atoms with van der Waals surface area (Å²) < 4.78 is 0. The van der Waals surface area contributed by atoms with Gasteiger partial charge in [-0.15, -0.1) is 0 Å². The molecule has 0 saturated carbocycles. The zero-order valence-corrected chi connectivity index (χ0v) is 24.9. The molecule has 0 bridgehead atoms. The van der Waals surface area contributed by atoms with Gasteiger partial charge in [-0.3, -0.25) is 19.2 Å². The Bertz CT molecular complexity index is 1370. The summed E-state index contributed by atoms with van der Waals surface area (Å²) in [6.45, 7) is 2.24. The van der Waals surface area contributed by atoms with Gasteiger partial charge in [-0.25, -0.2) is 0 Å². The lowest BCUT2D eigenvalue weighted by molar-refractivity contribution is -0.139. The Morgan fingerprint density at radius 2 is 1.61 bits per heavy atom. The van der Waals surface area contributed by atoms with E-state index in [2.05, 4.69) is 10.6 Å². The number of carboxylic acid groups (broad SMARTS) is 2. The Morgan fingerprint density at radius 1 is 0.977 bits per heavy atom. The summed E-state index contributed by atoms with van der Waals surface area (Å²) in [4.78, 5) is 47.0. The fraction of sp³-hybridized carbons (Fsp3) is 0.379. The number of aliphatic hydroxyl groups is 1. The van der Waals surface area contributed by atoms with Crippen molar-refractivity contribution in [3.05, 3.63) is 47.0 Å². The van der Waals surface area contributed by atoms with Gasteiger partial charge >= 0.3 is 11.9 Å². The van der Waals surface area contributed by atoms with Gasteiger partial charge in [0.1, 0.15) is 41.6 Å². The minimum absolute atomic E-state index is 0.0839. The Labute approximate surface area is 257 Å². The second kappa shape index (κ2) is 15.8. The highest BCUT2D eigenvalue weighted by Gasteiger charge is 2.32. The molecular formula is C29H37N3O11S. The van der Waals surface area contributed by atoms with E-state index < -0.39 is 53.2 Å². The maximum atomic E-state index is 12.7. The zero-order valence-electron chi connectivity index (χ0n) is 24.1. The fourth-order valence-corrected chi connectivity index (χ4v) is 5.23. The van der Waals surface area contributed by atoms with Crippen LogP contribution in [0.1, 0.15) is 43.4 Å². The highest BCUT2D eigenvalue weighted by Crippen LogP contribution is 2.36. The monoisotopic (exact) mass is 635 g/mol. The molecule has 3 atom stereocenters. The number of amides is 2. The van der Waals surface area contributed by atoms with Crippen LogP contribution >= 0.6 is 11.8 Å². The molecule has 11 N–H and O–H groups in total. The summed E-state index contributed by atoms with van der Waals surface area (Å²) in [5.41, 5.74) is 4.84. The van der Waals surface area contributed by atoms with Crippen molar-refractivity contribution < 1.29 is 54.9 Å². The van der Waals surface area contributed by atoms with E-state index in [9.17, 15) is 44.7 Å². The summed E-state index contributed by atoms with van der Waals surface area (Å²) in [5.74, 6) is -5.19. The first kappa shape index (κ1) is 35.7. The number of hydrogen-bond acceptors (Lipinski definition) is 11. The minimum Gasteiger partial charge on any atom is -0.508 e. The van der Waals surface area contributed by atoms with Crippen molar-refractivity contribution in [2.45, 2.75) is 56.0 Å². The molecule has 0 aliphatic rings. The van der Waals surface area contributed by atoms with Gasteiger partial charge in [-0.1, -0.05) is 12.2 Å². The quantitative estimate of drug-likeness (QED) is 0.115. The average Bonchev–Trinajstić information content (AvgIpc) is 2.91. The van der Waals surface area contributed by atoms with E-state index in [0.29, 0.717) is 11.1 Å². The molecule has 44 heavy (non-hydrogen) atoms. The molecule has 2 aromatic rings. The van der Waals surface area contributed by atoms with Gasteiger partial charge in [-0.05, 0) is 56.5 Å². The molecule has 2 amide bonds. The third-order valence-corrected chi connectivity index (χ3v) is 8.07. The van der Waals surface area contributed by atoms with E-state index in [1.54, 1.807) is 0 Å². The van der Waals surface area contributed by atoms with Crippen LogP contribution < -0.4 is 16.4 Å². The van der Waals surface area contributed by atoms with Crippen LogP contribution in [0.25, 0.3) is 12.2 Å². The van der Waals surface area contributed by atoms with E-state index >= 15 is 0 Å². The smallest absolute Gasteiger partial charge is 0.322 e. The van der Waals surface area contributed by atoms with Crippen molar-refractivity contribution in [1.29, 1.82) is 0 Å². The number of phenols is 4. The molecule has 0 saturated heterocycles. The number of nitrogens with one attached hydrogen (secondary N) is 2. The Hall–Kier alpha value is -4.47. The third kappa shape index (κ3) is 11.3. The number of rotatable bonds is 16. The largest absolute Gasteiger partial charge is 0.508 e. The number of phenolic OH excluding ortho intramolecular Hbond substituents is 4. The molecular weight excluding hydrogens is 598 g/mol. The molecule has 240 valence electrons. The summed E-state index contributed by atoms with van der Waals surface area (Å²) in [6, 6.07) is 4.17. The summed E-state index contributed by atoms with van der Waals surface area (Å²) in [5, 5.41) is 73.4. The lowest BCUT2D eigenvalue weighted by atomic mass is 9.96. The number of benzene rings is 2. The average molecular weight is 636 g/mol. The van der Waals surface area contributed by atoms with Crippen molar-refractivity contribution in [3.8, 4) is 23.0 Å². The predicted octanol–water partition coefficient (Wildman–Crippen LogP) is 0.972. The Morgan fingerprint density at radius 3 is 2.16 bits per heavy atom. The standard InChI is InChI=1S/C29H37N3O11S/c1-29(2,43)24(44-14-20(27(40)31-13-26(38)39)32-25(37)8-7-19(30)28(41)42)12-18-22(35)9-15(10-23(18)36)3-4-16-5-6-17(33)11-21(16)34/h3-6,9-11,19-20,24,33-36,43H,7-8,12-14,30H2,1-2H3,(H,31,40)(H,32,37)(H,38,39)(H,41,42)/b4-3+. The van der Waals surface area contributed by atoms with E-state index in [1.807, 2.05) is 0 Å². The highest BCUT2D eigenvalue weighted by molar-refractivity contribution is 8.00. The van der Waals surface area contributed by atoms with Crippen LogP contribution in [0.4, 0.5) is 0 Å². The molecule has 0 spiro atoms. The first-order chi connectivity index (χ1) is 20.5. The zero-order chi connectivity index (χ0) is 33.2. The van der Waals surface area contributed by atoms with Gasteiger partial charge in [0.25, 0.3) is 0 Å². The van der Waals surface area contributed by atoms with Crippen molar-refractivity contribution in [3.63, 3.8) is 0 Å². The number of carboxylic acids is 2. The van der Waals surface area contributed by atoms with Gasteiger partial charge in [-0.2, -0.15) is 11.8 Å². The molecule has 14 nitrogen and oxygen atoms in total. The number of aromatic hydroxyl groups is 4. The fourth-order valence-electron chi connectivity index (χ4n) is 3.88. The Balaban J connectivity index is 2.22. The molecule has 15 heteroatoms. The van der Waals surface area contributed by atoms with Crippen LogP contribution in [-0.4, -0.2) is 94.7 Å². The number of hydrogen-bond donors (Lipinski definition) is 10. The summed E-state index contributed by atoms with van der Waals surface area (Å²) >= 11 is 1.02. The maximum Gasteiger partial charge on any atom is 0.322 e. The second-order valence-corrected chi connectivity index (χ2v) is 11.7. The molecule has 0 heterocycles. The SMILES string of the molecule is CC(C)(O)C(Cc1c(O)cc(/C=C/c2ccc(O)cc2O)cc1O)SCC(NC(=O)CCC(N)C(=O)O)C(=O)NCC(=O)O. The number of aliphatic carboxylic acids is 2. The molecule has 0 aliphatic heterocycles. The predicted molar refractivity (Wildman–Crippen MR) is 162 cm³/mol. The first-order valence-corrected chi connectivity index (χ1v) is 14.4. The summed E-state index contributed by atoms with van der Waals surface area (Å²) in [6.07, 6.45) is 2.43. The van der Waals surface area contributed by atoms with E-state index in [4.69, 9.17) is 15.9 Å². The maximum absolute atomic E-state index is 12.7. The summed E-state index contributed by atoms with van der Waals surface area (Å²) in [7, 11) is 0. The topological polar surface area (TPSA) is 260 Å². The van der Waals surface area contributed by atoms with E-state index in [1.165, 1.54) is 50.3 Å². The molecule has 2 rings (SSSR count). The molecule has 0 radical (unpaired) electrons. The molecule has 0 aromatic heterocycles. The van der Waals surface area contributed by atoms with Crippen LogP contribution in [0.5, 0.6) is 23.0 Å². The van der Waals surface area contributed by atoms with Gasteiger partial charge in [0.2, 0.25) is 11.8 Å². The van der Waals surface area contributed by atoms with Crippen molar-refractivity contribution in [2.24, 2.45) is 5.73 Å². The van der Waals surface area contributed by atoms with Crippen LogP contribution in [-0.2, 0) is 25.6 Å². The van der Waals surface area contributed by atoms with Crippen LogP contribution in [0.3, 0.4) is 0 Å². The highest BCUT2D eigenvalue weighted by atomic mass is 32.2. The third-order valence-electron chi connectivity index (χ3n) is 6.40. The van der Waals surface area contributed by atoms with Crippen molar-refractivity contribution >= 4 is 47.7 Å². The molecule has 2 aromatic carbocycles. The van der Waals surface area contributed by atoms with Gasteiger partial charge in [0.05, 0.1) is 5.60 Å². The van der Waals surface area contributed by atoms with E-state index in [-0.39, 0.29) is 53.6 Å². The molecule has 0 fully saturated rings. The second-order valence-electron chi connectivity index (χ2n) is 10.5. The number of nitrogens with two attached hydrogens (primary N) is 1. The Kier molecular flexibility index (Phi) is 12.9. The first-order valence-electron chi connectivity index (χ1n) is 13.3. The molecule has 3 unspecified atom stereocenters. The van der Waals surface area contributed by atoms with Gasteiger partial charge in [0.15, 0.2) is 0 Å². The minimum atomic E-state index is -1.43. The van der Waals surface area contributed by atoms with Crippen LogP contribution in [0, 0.1) is 0 Å².